The van der Waals surface area contributed by atoms with E-state index in [4.69, 9.17) is 0 Å². The number of hydrogen-bond donors (Lipinski definition) is 0. The molecule has 0 saturated carbocycles. The molecule has 0 radical (unpaired) electrons. The van der Waals surface area contributed by atoms with E-state index in [2.05, 4.69) is 42.3 Å². The number of rotatable bonds is 1. The summed E-state index contributed by atoms with van der Waals surface area (Å²) in [7, 11) is 0. The zero-order valence-electron chi connectivity index (χ0n) is 9.10. The lowest BCUT2D eigenvalue weighted by molar-refractivity contribution is 0.932. The molecule has 1 aliphatic rings. The summed E-state index contributed by atoms with van der Waals surface area (Å²) in [6.07, 6.45) is 14.1. The van der Waals surface area contributed by atoms with Crippen LogP contribution in [0, 0.1) is 12.8 Å². The van der Waals surface area contributed by atoms with E-state index in [0.29, 0.717) is 5.92 Å². The van der Waals surface area contributed by atoms with E-state index >= 15 is 0 Å². The quantitative estimate of drug-likeness (QED) is 0.648. The summed E-state index contributed by atoms with van der Waals surface area (Å²) in [4.78, 5) is 5.56. The molecule has 0 aromatic carbocycles. The summed E-state index contributed by atoms with van der Waals surface area (Å²) in [6, 6.07) is 0. The summed E-state index contributed by atoms with van der Waals surface area (Å²) in [5.41, 5.74) is 1.30. The van der Waals surface area contributed by atoms with E-state index in [0.717, 1.165) is 11.4 Å². The molecule has 2 heteroatoms. The van der Waals surface area contributed by atoms with Crippen molar-refractivity contribution in [2.45, 2.75) is 20.3 Å². The highest BCUT2D eigenvalue weighted by Gasteiger charge is 2.03. The molecule has 0 aliphatic heterocycles. The van der Waals surface area contributed by atoms with Crippen molar-refractivity contribution >= 4 is 16.9 Å². The molecule has 1 aromatic rings. The highest BCUT2D eigenvalue weighted by Crippen LogP contribution is 2.24. The Labute approximate surface area is 94.9 Å². The van der Waals surface area contributed by atoms with Gasteiger partial charge < -0.3 is 0 Å². The molecular weight excluding hydrogens is 202 g/mol. The van der Waals surface area contributed by atoms with E-state index in [1.807, 2.05) is 13.1 Å². The number of nitrogens with zero attached hydrogens (tertiary/aromatic N) is 1. The molecule has 1 nitrogen and oxygen atoms in total. The van der Waals surface area contributed by atoms with Crippen LogP contribution in [0.15, 0.2) is 36.6 Å². The Morgan fingerprint density at radius 1 is 1.40 bits per heavy atom. The highest BCUT2D eigenvalue weighted by atomic mass is 32.1. The SMILES string of the molecule is Cc1ncc(C2=C/CC=CC(C)/C=C\2)s1. The Kier molecular flexibility index (Phi) is 3.17. The monoisotopic (exact) mass is 217 g/mol. The van der Waals surface area contributed by atoms with Crippen LogP contribution in [-0.4, -0.2) is 4.98 Å². The summed E-state index contributed by atoms with van der Waals surface area (Å²) < 4.78 is 0. The molecule has 78 valence electrons. The topological polar surface area (TPSA) is 12.9 Å². The predicted molar refractivity (Wildman–Crippen MR) is 66.9 cm³/mol. The van der Waals surface area contributed by atoms with Gasteiger partial charge in [0.2, 0.25) is 0 Å². The van der Waals surface area contributed by atoms with Crippen LogP contribution in [0.5, 0.6) is 0 Å². The summed E-state index contributed by atoms with van der Waals surface area (Å²) >= 11 is 1.76. The minimum Gasteiger partial charge on any atom is -0.249 e. The van der Waals surface area contributed by atoms with Gasteiger partial charge in [0.25, 0.3) is 0 Å². The van der Waals surface area contributed by atoms with Crippen molar-refractivity contribution in [3.8, 4) is 0 Å². The lowest BCUT2D eigenvalue weighted by Crippen LogP contribution is -1.86. The zero-order chi connectivity index (χ0) is 10.7. The van der Waals surface area contributed by atoms with Gasteiger partial charge in [-0.05, 0) is 24.8 Å². The Balaban J connectivity index is 2.29. The first-order chi connectivity index (χ1) is 7.25. The minimum atomic E-state index is 0.530. The van der Waals surface area contributed by atoms with Crippen molar-refractivity contribution in [3.05, 3.63) is 46.5 Å². The molecule has 15 heavy (non-hydrogen) atoms. The van der Waals surface area contributed by atoms with Gasteiger partial charge >= 0.3 is 0 Å². The lowest BCUT2D eigenvalue weighted by atomic mass is 10.0. The summed E-state index contributed by atoms with van der Waals surface area (Å²) in [5, 5.41) is 1.13. The van der Waals surface area contributed by atoms with E-state index < -0.39 is 0 Å². The van der Waals surface area contributed by atoms with Crippen LogP contribution in [0.25, 0.3) is 5.57 Å². The van der Waals surface area contributed by atoms with E-state index in [1.54, 1.807) is 11.3 Å². The van der Waals surface area contributed by atoms with E-state index in [9.17, 15) is 0 Å². The molecule has 0 bridgehead atoms. The van der Waals surface area contributed by atoms with E-state index in [-0.39, 0.29) is 0 Å². The molecule has 0 saturated heterocycles. The largest absolute Gasteiger partial charge is 0.249 e. The van der Waals surface area contributed by atoms with E-state index in [1.165, 1.54) is 10.5 Å². The third-order valence-electron chi connectivity index (χ3n) is 2.40. The number of thiazole rings is 1. The van der Waals surface area contributed by atoms with Crippen LogP contribution in [0.3, 0.4) is 0 Å². The Morgan fingerprint density at radius 3 is 3.00 bits per heavy atom. The van der Waals surface area contributed by atoms with Crippen molar-refractivity contribution in [2.24, 2.45) is 5.92 Å². The van der Waals surface area contributed by atoms with Crippen LogP contribution in [0.1, 0.15) is 23.2 Å². The van der Waals surface area contributed by atoms with Crippen LogP contribution < -0.4 is 0 Å². The molecule has 0 amide bonds. The van der Waals surface area contributed by atoms with Crippen molar-refractivity contribution in [1.29, 1.82) is 0 Å². The molecule has 1 aromatic heterocycles. The predicted octanol–water partition coefficient (Wildman–Crippen LogP) is 3.99. The summed E-state index contributed by atoms with van der Waals surface area (Å²) in [5.74, 6) is 0.530. The Bertz CT molecular complexity index is 423. The van der Waals surface area contributed by atoms with Gasteiger partial charge in [0.15, 0.2) is 0 Å². The van der Waals surface area contributed by atoms with Gasteiger partial charge in [-0.15, -0.1) is 11.3 Å². The third kappa shape index (κ3) is 2.66. The maximum absolute atomic E-state index is 4.29. The third-order valence-corrected chi connectivity index (χ3v) is 3.36. The first kappa shape index (κ1) is 10.4. The van der Waals surface area contributed by atoms with Crippen molar-refractivity contribution in [1.82, 2.24) is 4.98 Å². The lowest BCUT2D eigenvalue weighted by Gasteiger charge is -2.03. The smallest absolute Gasteiger partial charge is 0.0900 e. The second-order valence-electron chi connectivity index (χ2n) is 3.79. The van der Waals surface area contributed by atoms with Gasteiger partial charge in [-0.25, -0.2) is 4.98 Å². The highest BCUT2D eigenvalue weighted by molar-refractivity contribution is 7.12. The van der Waals surface area contributed by atoms with Crippen LogP contribution in [0.4, 0.5) is 0 Å². The fraction of sp³-hybridized carbons (Fsp3) is 0.308. The molecule has 0 N–H and O–H groups in total. The van der Waals surface area contributed by atoms with Gasteiger partial charge in [0.1, 0.15) is 0 Å². The Hall–Kier alpha value is -1.15. The second kappa shape index (κ2) is 4.58. The van der Waals surface area contributed by atoms with Crippen LogP contribution in [0.2, 0.25) is 0 Å². The average molecular weight is 217 g/mol. The summed E-state index contributed by atoms with van der Waals surface area (Å²) in [6.45, 7) is 4.25. The van der Waals surface area contributed by atoms with Crippen LogP contribution >= 0.6 is 11.3 Å². The molecule has 2 rings (SSSR count). The Morgan fingerprint density at radius 2 is 2.27 bits per heavy atom. The molecule has 1 atom stereocenters. The van der Waals surface area contributed by atoms with Gasteiger partial charge in [0.05, 0.1) is 9.88 Å². The van der Waals surface area contributed by atoms with Gasteiger partial charge in [-0.2, -0.15) is 0 Å². The van der Waals surface area contributed by atoms with Gasteiger partial charge in [-0.3, -0.25) is 0 Å². The van der Waals surface area contributed by atoms with Crippen molar-refractivity contribution in [2.75, 3.05) is 0 Å². The normalized spacial score (nSPS) is 26.5. The van der Waals surface area contributed by atoms with Gasteiger partial charge in [-0.1, -0.05) is 37.3 Å². The van der Waals surface area contributed by atoms with Crippen molar-refractivity contribution in [3.63, 3.8) is 0 Å². The maximum atomic E-state index is 4.29. The fourth-order valence-electron chi connectivity index (χ4n) is 1.55. The second-order valence-corrected chi connectivity index (χ2v) is 5.02. The molecule has 0 spiro atoms. The first-order valence-electron chi connectivity index (χ1n) is 5.23. The van der Waals surface area contributed by atoms with Gasteiger partial charge in [0, 0.05) is 6.20 Å². The number of aromatic nitrogens is 1. The number of aryl methyl sites for hydroxylation is 1. The van der Waals surface area contributed by atoms with Crippen LogP contribution in [-0.2, 0) is 0 Å². The molecular formula is C13H15NS. The maximum Gasteiger partial charge on any atom is 0.0900 e. The molecule has 1 heterocycles. The fourth-order valence-corrected chi connectivity index (χ4v) is 2.35. The average Bonchev–Trinajstić information content (AvgIpc) is 2.59. The standard InChI is InChI=1S/C13H15NS/c1-10-5-3-4-6-12(8-7-10)13-9-14-11(2)15-13/h3,5-10H,4H2,1-2H3/b5-3?,8-7-,12-6+. The minimum absolute atomic E-state index is 0.530. The molecule has 1 unspecified atom stereocenters. The molecule has 0 fully saturated rings. The number of hydrogen-bond acceptors (Lipinski definition) is 2. The first-order valence-corrected chi connectivity index (χ1v) is 6.05. The molecule has 1 aliphatic carbocycles. The zero-order valence-corrected chi connectivity index (χ0v) is 9.92. The number of allylic oxidation sites excluding steroid dienone is 6. The van der Waals surface area contributed by atoms with Crippen molar-refractivity contribution < 1.29 is 0 Å².